The maximum Gasteiger partial charge on any atom is -0.0321 e. The van der Waals surface area contributed by atoms with Crippen molar-refractivity contribution in [2.75, 3.05) is 0 Å². The van der Waals surface area contributed by atoms with Crippen LogP contribution >= 0.6 is 0 Å². The Balaban J connectivity index is 1.86. The van der Waals surface area contributed by atoms with Gasteiger partial charge in [0.15, 0.2) is 0 Å². The Hall–Kier alpha value is 0. The summed E-state index contributed by atoms with van der Waals surface area (Å²) in [4.78, 5) is 0. The first-order valence-electron chi connectivity index (χ1n) is 4.95. The molecule has 0 N–H and O–H groups in total. The van der Waals surface area contributed by atoms with Crippen LogP contribution in [0.3, 0.4) is 0 Å². The lowest BCUT2D eigenvalue weighted by molar-refractivity contribution is -0.259. The highest BCUT2D eigenvalue weighted by Crippen LogP contribution is 2.74. The molecule has 0 aromatic carbocycles. The lowest BCUT2D eigenvalue weighted by Crippen LogP contribution is -2.68. The number of fused-ring (bicyclic) bond motifs is 1. The van der Waals surface area contributed by atoms with Crippen molar-refractivity contribution in [1.82, 2.24) is 0 Å². The molecule has 6 unspecified atom stereocenters. The van der Waals surface area contributed by atoms with E-state index < -0.39 is 0 Å². The Morgan fingerprint density at radius 2 is 1.70 bits per heavy atom. The number of rotatable bonds is 0. The Morgan fingerprint density at radius 1 is 0.700 bits per heavy atom. The SMILES string of the molecule is C1CC2C3CC1C1CC3C12. The summed E-state index contributed by atoms with van der Waals surface area (Å²) in [5, 5.41) is 0. The van der Waals surface area contributed by atoms with E-state index in [0.29, 0.717) is 0 Å². The van der Waals surface area contributed by atoms with Crippen molar-refractivity contribution in [2.45, 2.75) is 25.7 Å². The minimum Gasteiger partial charge on any atom is -0.0499 e. The molecule has 0 heterocycles. The molecule has 0 saturated heterocycles. The van der Waals surface area contributed by atoms with E-state index in [1.165, 1.54) is 35.5 Å². The van der Waals surface area contributed by atoms with Crippen LogP contribution in [0.5, 0.6) is 0 Å². The third-order valence-electron chi connectivity index (χ3n) is 5.18. The minimum atomic E-state index is 1.21. The Kier molecular flexibility index (Phi) is 0.570. The van der Waals surface area contributed by atoms with Crippen molar-refractivity contribution in [2.24, 2.45) is 35.5 Å². The van der Waals surface area contributed by atoms with Crippen molar-refractivity contribution in [3.05, 3.63) is 0 Å². The van der Waals surface area contributed by atoms with E-state index in [0.717, 1.165) is 0 Å². The van der Waals surface area contributed by atoms with Crippen LogP contribution in [0.15, 0.2) is 0 Å². The highest BCUT2D eigenvalue weighted by molar-refractivity contribution is 5.16. The first-order valence-corrected chi connectivity index (χ1v) is 4.95. The van der Waals surface area contributed by atoms with E-state index >= 15 is 0 Å². The maximum absolute atomic E-state index is 1.65. The van der Waals surface area contributed by atoms with Gasteiger partial charge in [-0.15, -0.1) is 0 Å². The quantitative estimate of drug-likeness (QED) is 0.477. The van der Waals surface area contributed by atoms with Gasteiger partial charge in [0.2, 0.25) is 0 Å². The second kappa shape index (κ2) is 1.19. The summed E-state index contributed by atoms with van der Waals surface area (Å²) in [6.45, 7) is 0. The molecular formula is C10H14. The Morgan fingerprint density at radius 3 is 2.20 bits per heavy atom. The second-order valence-electron chi connectivity index (χ2n) is 5.04. The molecule has 6 rings (SSSR count). The number of hydrogen-bond acceptors (Lipinski definition) is 0. The van der Waals surface area contributed by atoms with Crippen molar-refractivity contribution in [1.29, 1.82) is 0 Å². The predicted octanol–water partition coefficient (Wildman–Crippen LogP) is 2.30. The Labute approximate surface area is 62.0 Å². The summed E-state index contributed by atoms with van der Waals surface area (Å²) in [6.07, 6.45) is 6.52. The zero-order valence-corrected chi connectivity index (χ0v) is 6.29. The first kappa shape index (κ1) is 4.79. The minimum absolute atomic E-state index is 1.21. The highest BCUT2D eigenvalue weighted by atomic mass is 14.7. The highest BCUT2D eigenvalue weighted by Gasteiger charge is 2.68. The molecule has 6 saturated carbocycles. The normalized spacial score (nSPS) is 74.4. The smallest absolute Gasteiger partial charge is 0.0321 e. The number of hydrogen-bond donors (Lipinski definition) is 0. The third kappa shape index (κ3) is 0.286. The topological polar surface area (TPSA) is 0 Å². The van der Waals surface area contributed by atoms with Gasteiger partial charge in [-0.25, -0.2) is 0 Å². The van der Waals surface area contributed by atoms with E-state index in [4.69, 9.17) is 0 Å². The molecule has 0 aliphatic heterocycles. The molecule has 0 amide bonds. The molecule has 6 atom stereocenters. The van der Waals surface area contributed by atoms with Gasteiger partial charge in [-0.3, -0.25) is 0 Å². The molecule has 6 fully saturated rings. The fourth-order valence-electron chi connectivity index (χ4n) is 4.83. The van der Waals surface area contributed by atoms with Crippen LogP contribution in [0, 0.1) is 35.5 Å². The summed E-state index contributed by atoms with van der Waals surface area (Å²) >= 11 is 0. The van der Waals surface area contributed by atoms with Gasteiger partial charge >= 0.3 is 0 Å². The van der Waals surface area contributed by atoms with E-state index in [1.807, 2.05) is 0 Å². The molecule has 6 aliphatic rings. The van der Waals surface area contributed by atoms with Gasteiger partial charge in [0.25, 0.3) is 0 Å². The molecule has 6 aliphatic carbocycles. The van der Waals surface area contributed by atoms with Crippen molar-refractivity contribution < 1.29 is 0 Å². The van der Waals surface area contributed by atoms with Crippen LogP contribution in [-0.2, 0) is 0 Å². The van der Waals surface area contributed by atoms with Crippen LogP contribution in [0.4, 0.5) is 0 Å². The molecular weight excluding hydrogens is 120 g/mol. The maximum atomic E-state index is 1.65. The van der Waals surface area contributed by atoms with E-state index in [2.05, 4.69) is 0 Å². The fraction of sp³-hybridized carbons (Fsp3) is 1.00. The molecule has 0 spiro atoms. The van der Waals surface area contributed by atoms with Crippen molar-refractivity contribution in [3.8, 4) is 0 Å². The molecule has 0 aromatic heterocycles. The van der Waals surface area contributed by atoms with Gasteiger partial charge in [0, 0.05) is 0 Å². The third-order valence-corrected chi connectivity index (χ3v) is 5.18. The van der Waals surface area contributed by atoms with E-state index in [9.17, 15) is 0 Å². The Bertz CT molecular complexity index is 169. The summed E-state index contributed by atoms with van der Waals surface area (Å²) in [5.74, 6) is 7.48. The van der Waals surface area contributed by atoms with Gasteiger partial charge in [-0.2, -0.15) is 0 Å². The summed E-state index contributed by atoms with van der Waals surface area (Å²) in [6, 6.07) is 0. The van der Waals surface area contributed by atoms with Crippen molar-refractivity contribution >= 4 is 0 Å². The average Bonchev–Trinajstić information content (AvgIpc) is 1.93. The van der Waals surface area contributed by atoms with Gasteiger partial charge in [-0.05, 0) is 61.2 Å². The largest absolute Gasteiger partial charge is 0.0499 e. The summed E-state index contributed by atoms with van der Waals surface area (Å²) < 4.78 is 0. The average molecular weight is 134 g/mol. The molecule has 54 valence electrons. The summed E-state index contributed by atoms with van der Waals surface area (Å²) in [7, 11) is 0. The van der Waals surface area contributed by atoms with Crippen LogP contribution in [0.25, 0.3) is 0 Å². The zero-order valence-electron chi connectivity index (χ0n) is 6.29. The lowest BCUT2D eigenvalue weighted by Gasteiger charge is -2.74. The second-order valence-corrected chi connectivity index (χ2v) is 5.04. The molecule has 0 nitrogen and oxygen atoms in total. The lowest BCUT2D eigenvalue weighted by atomic mass is 9.31. The molecule has 10 heavy (non-hydrogen) atoms. The van der Waals surface area contributed by atoms with Crippen LogP contribution in [-0.4, -0.2) is 0 Å². The monoisotopic (exact) mass is 134 g/mol. The zero-order chi connectivity index (χ0) is 6.29. The molecule has 0 heteroatoms. The van der Waals surface area contributed by atoms with E-state index in [1.54, 1.807) is 25.7 Å². The van der Waals surface area contributed by atoms with E-state index in [-0.39, 0.29) is 0 Å². The van der Waals surface area contributed by atoms with Crippen LogP contribution in [0.2, 0.25) is 0 Å². The van der Waals surface area contributed by atoms with Gasteiger partial charge in [0.1, 0.15) is 0 Å². The molecule has 0 aromatic rings. The van der Waals surface area contributed by atoms with Crippen molar-refractivity contribution in [3.63, 3.8) is 0 Å². The summed E-state index contributed by atoms with van der Waals surface area (Å²) in [5.41, 5.74) is 0. The van der Waals surface area contributed by atoms with Gasteiger partial charge in [-0.1, -0.05) is 0 Å². The van der Waals surface area contributed by atoms with Gasteiger partial charge in [0.05, 0.1) is 0 Å². The first-order chi connectivity index (χ1) is 4.95. The molecule has 6 bridgehead atoms. The fourth-order valence-corrected chi connectivity index (χ4v) is 4.83. The van der Waals surface area contributed by atoms with Crippen LogP contribution in [0.1, 0.15) is 25.7 Å². The standard InChI is InChI=1S/C10H14/c1-2-6-8-3-5(1)7-4-9(8)10(6)7/h5-10H,1-4H2. The van der Waals surface area contributed by atoms with Gasteiger partial charge < -0.3 is 0 Å². The van der Waals surface area contributed by atoms with Crippen LogP contribution < -0.4 is 0 Å². The predicted molar refractivity (Wildman–Crippen MR) is 39.4 cm³/mol. The molecule has 0 radical (unpaired) electrons.